The van der Waals surface area contributed by atoms with Crippen molar-refractivity contribution in [1.29, 1.82) is 0 Å². The van der Waals surface area contributed by atoms with Gasteiger partial charge in [-0.15, -0.1) is 0 Å². The molecule has 0 radical (unpaired) electrons. The standard InChI is InChI=1S/C27H31N3O4/c1-2-34-26(32)19-24(13-11-21-7-4-3-5-8-21)29-25(31)20-30-18-6-9-23(27(30)33)12-10-22-14-16-28-17-15-22/h3-5,7-8,14-17,23-24H,2,6,9-10,12,18-20H2,1H3,(H,29,31)/t23?,24-/m1/s1. The van der Waals surface area contributed by atoms with Crippen molar-refractivity contribution in [3.8, 4) is 11.8 Å². The molecule has 0 bridgehead atoms. The molecule has 1 aromatic heterocycles. The maximum Gasteiger partial charge on any atom is 0.308 e. The number of likely N-dealkylation sites (tertiary alicyclic amines) is 1. The van der Waals surface area contributed by atoms with Crippen molar-refractivity contribution >= 4 is 17.8 Å². The molecule has 1 aliphatic heterocycles. The van der Waals surface area contributed by atoms with E-state index < -0.39 is 12.0 Å². The van der Waals surface area contributed by atoms with E-state index in [-0.39, 0.29) is 37.3 Å². The number of aryl methyl sites for hydroxylation is 1. The zero-order chi connectivity index (χ0) is 24.2. The van der Waals surface area contributed by atoms with Crippen molar-refractivity contribution in [2.24, 2.45) is 5.92 Å². The number of amides is 2. The smallest absolute Gasteiger partial charge is 0.308 e. The molecule has 3 rings (SSSR count). The number of carbonyl (C=O) groups excluding carboxylic acids is 3. The lowest BCUT2D eigenvalue weighted by Crippen LogP contribution is -2.48. The monoisotopic (exact) mass is 461 g/mol. The van der Waals surface area contributed by atoms with Crippen LogP contribution in [-0.2, 0) is 25.5 Å². The van der Waals surface area contributed by atoms with E-state index in [1.807, 2.05) is 42.5 Å². The molecule has 7 nitrogen and oxygen atoms in total. The summed E-state index contributed by atoms with van der Waals surface area (Å²) in [5, 5.41) is 2.80. The summed E-state index contributed by atoms with van der Waals surface area (Å²) in [5.41, 5.74) is 1.94. The van der Waals surface area contributed by atoms with Gasteiger partial charge in [0.2, 0.25) is 11.8 Å². The second kappa shape index (κ2) is 13.1. The average molecular weight is 462 g/mol. The number of rotatable bonds is 9. The summed E-state index contributed by atoms with van der Waals surface area (Å²) in [5.74, 6) is 5.10. The Kier molecular flexibility index (Phi) is 9.65. The van der Waals surface area contributed by atoms with Gasteiger partial charge in [-0.1, -0.05) is 30.0 Å². The lowest BCUT2D eigenvalue weighted by atomic mass is 9.91. The van der Waals surface area contributed by atoms with Gasteiger partial charge in [-0.05, 0) is 62.4 Å². The summed E-state index contributed by atoms with van der Waals surface area (Å²) < 4.78 is 5.02. The molecule has 1 N–H and O–H groups in total. The Morgan fingerprint density at radius 3 is 2.71 bits per heavy atom. The van der Waals surface area contributed by atoms with E-state index >= 15 is 0 Å². The highest BCUT2D eigenvalue weighted by Gasteiger charge is 2.30. The maximum absolute atomic E-state index is 13.0. The van der Waals surface area contributed by atoms with E-state index in [1.165, 1.54) is 0 Å². The first-order valence-electron chi connectivity index (χ1n) is 11.7. The van der Waals surface area contributed by atoms with Crippen LogP contribution in [0.25, 0.3) is 0 Å². The number of piperidine rings is 1. The summed E-state index contributed by atoms with van der Waals surface area (Å²) in [4.78, 5) is 43.4. The summed E-state index contributed by atoms with van der Waals surface area (Å²) in [7, 11) is 0. The van der Waals surface area contributed by atoms with Gasteiger partial charge in [0.25, 0.3) is 0 Å². The molecule has 1 aromatic carbocycles. The van der Waals surface area contributed by atoms with Gasteiger partial charge in [0, 0.05) is 30.4 Å². The van der Waals surface area contributed by atoms with Crippen LogP contribution in [0.2, 0.25) is 0 Å². The normalized spacial score (nSPS) is 16.2. The maximum atomic E-state index is 13.0. The number of hydrogen-bond donors (Lipinski definition) is 1. The lowest BCUT2D eigenvalue weighted by Gasteiger charge is -2.32. The topological polar surface area (TPSA) is 88.6 Å². The van der Waals surface area contributed by atoms with Crippen LogP contribution in [-0.4, -0.2) is 53.4 Å². The Bertz CT molecular complexity index is 1010. The molecule has 2 amide bonds. The summed E-state index contributed by atoms with van der Waals surface area (Å²) in [6.07, 6.45) is 6.69. The number of hydrogen-bond acceptors (Lipinski definition) is 5. The first kappa shape index (κ1) is 25.0. The highest BCUT2D eigenvalue weighted by molar-refractivity contribution is 5.87. The van der Waals surface area contributed by atoms with Crippen molar-refractivity contribution in [1.82, 2.24) is 15.2 Å². The Balaban J connectivity index is 1.58. The van der Waals surface area contributed by atoms with Gasteiger partial charge < -0.3 is 15.0 Å². The molecule has 2 atom stereocenters. The van der Waals surface area contributed by atoms with Crippen LogP contribution in [0.15, 0.2) is 54.9 Å². The zero-order valence-corrected chi connectivity index (χ0v) is 19.5. The van der Waals surface area contributed by atoms with E-state index in [2.05, 4.69) is 22.1 Å². The number of benzene rings is 1. The molecule has 1 unspecified atom stereocenters. The molecule has 2 aromatic rings. The van der Waals surface area contributed by atoms with Crippen LogP contribution in [0, 0.1) is 17.8 Å². The molecule has 2 heterocycles. The molecular formula is C27H31N3O4. The van der Waals surface area contributed by atoms with E-state index in [0.717, 1.165) is 36.8 Å². The lowest BCUT2D eigenvalue weighted by molar-refractivity contribution is -0.144. The summed E-state index contributed by atoms with van der Waals surface area (Å²) in [6, 6.07) is 12.6. The Morgan fingerprint density at radius 1 is 1.21 bits per heavy atom. The Morgan fingerprint density at radius 2 is 1.97 bits per heavy atom. The van der Waals surface area contributed by atoms with Gasteiger partial charge in [-0.2, -0.15) is 0 Å². The van der Waals surface area contributed by atoms with Crippen LogP contribution in [0.5, 0.6) is 0 Å². The number of esters is 1. The number of nitrogens with zero attached hydrogens (tertiary/aromatic N) is 2. The third-order valence-electron chi connectivity index (χ3n) is 5.68. The van der Waals surface area contributed by atoms with Gasteiger partial charge in [0.05, 0.1) is 19.6 Å². The van der Waals surface area contributed by atoms with E-state index in [9.17, 15) is 14.4 Å². The molecule has 1 saturated heterocycles. The molecule has 1 aliphatic rings. The van der Waals surface area contributed by atoms with Crippen LogP contribution < -0.4 is 5.32 Å². The molecule has 0 aliphatic carbocycles. The van der Waals surface area contributed by atoms with Gasteiger partial charge in [-0.25, -0.2) is 0 Å². The minimum Gasteiger partial charge on any atom is -0.466 e. The quantitative estimate of drug-likeness (QED) is 0.458. The number of pyridine rings is 1. The molecule has 0 spiro atoms. The van der Waals surface area contributed by atoms with Crippen molar-refractivity contribution in [2.75, 3.05) is 19.7 Å². The highest BCUT2D eigenvalue weighted by Crippen LogP contribution is 2.22. The zero-order valence-electron chi connectivity index (χ0n) is 19.5. The summed E-state index contributed by atoms with van der Waals surface area (Å²) in [6.45, 7) is 2.50. The predicted molar refractivity (Wildman–Crippen MR) is 128 cm³/mol. The molecule has 0 saturated carbocycles. The van der Waals surface area contributed by atoms with Gasteiger partial charge >= 0.3 is 5.97 Å². The van der Waals surface area contributed by atoms with Crippen molar-refractivity contribution in [2.45, 2.75) is 45.1 Å². The fraction of sp³-hybridized carbons (Fsp3) is 0.407. The molecule has 178 valence electrons. The van der Waals surface area contributed by atoms with Crippen LogP contribution in [0.3, 0.4) is 0 Å². The van der Waals surface area contributed by atoms with Crippen LogP contribution in [0.1, 0.15) is 43.7 Å². The fourth-order valence-electron chi connectivity index (χ4n) is 3.97. The van der Waals surface area contributed by atoms with Crippen molar-refractivity contribution in [3.05, 3.63) is 66.0 Å². The van der Waals surface area contributed by atoms with E-state index in [1.54, 1.807) is 24.2 Å². The number of nitrogens with one attached hydrogen (secondary N) is 1. The molecule has 1 fully saturated rings. The van der Waals surface area contributed by atoms with Crippen LogP contribution in [0.4, 0.5) is 0 Å². The largest absolute Gasteiger partial charge is 0.466 e. The molecule has 34 heavy (non-hydrogen) atoms. The third-order valence-corrected chi connectivity index (χ3v) is 5.68. The second-order valence-corrected chi connectivity index (χ2v) is 8.26. The van der Waals surface area contributed by atoms with Gasteiger partial charge in [0.15, 0.2) is 0 Å². The number of aromatic nitrogens is 1. The number of ether oxygens (including phenoxy) is 1. The number of carbonyl (C=O) groups is 3. The van der Waals surface area contributed by atoms with Crippen molar-refractivity contribution < 1.29 is 19.1 Å². The Labute approximate surface area is 200 Å². The fourth-order valence-corrected chi connectivity index (χ4v) is 3.97. The van der Waals surface area contributed by atoms with Crippen molar-refractivity contribution in [3.63, 3.8) is 0 Å². The highest BCUT2D eigenvalue weighted by atomic mass is 16.5. The second-order valence-electron chi connectivity index (χ2n) is 8.26. The van der Waals surface area contributed by atoms with Gasteiger partial charge in [-0.3, -0.25) is 19.4 Å². The first-order chi connectivity index (χ1) is 16.5. The minimum atomic E-state index is -0.700. The minimum absolute atomic E-state index is 0.00719. The predicted octanol–water partition coefficient (Wildman–Crippen LogP) is 2.74. The molecule has 7 heteroatoms. The summed E-state index contributed by atoms with van der Waals surface area (Å²) >= 11 is 0. The Hall–Kier alpha value is -3.66. The van der Waals surface area contributed by atoms with Gasteiger partial charge in [0.1, 0.15) is 6.04 Å². The first-order valence-corrected chi connectivity index (χ1v) is 11.7. The molecular weight excluding hydrogens is 430 g/mol. The SMILES string of the molecule is CCOC(=O)C[C@@H](C#Cc1ccccc1)NC(=O)CN1CCCC(CCc2ccncc2)C1=O. The van der Waals surface area contributed by atoms with E-state index in [4.69, 9.17) is 4.74 Å². The average Bonchev–Trinajstić information content (AvgIpc) is 2.84. The third kappa shape index (κ3) is 8.04. The van der Waals surface area contributed by atoms with E-state index in [0.29, 0.717) is 6.54 Å². The van der Waals surface area contributed by atoms with Crippen LogP contribution >= 0.6 is 0 Å².